The Balaban J connectivity index is 1.52. The van der Waals surface area contributed by atoms with E-state index in [-0.39, 0.29) is 11.5 Å². The second-order valence-corrected chi connectivity index (χ2v) is 10.4. The molecule has 1 unspecified atom stereocenters. The zero-order valence-corrected chi connectivity index (χ0v) is 21.5. The molecule has 2 heterocycles. The second kappa shape index (κ2) is 10.0. The predicted molar refractivity (Wildman–Crippen MR) is 140 cm³/mol. The van der Waals surface area contributed by atoms with Gasteiger partial charge in [0.05, 0.1) is 17.7 Å². The van der Waals surface area contributed by atoms with Crippen molar-refractivity contribution >= 4 is 39.2 Å². The lowest BCUT2D eigenvalue weighted by atomic mass is 10.0. The van der Waals surface area contributed by atoms with Gasteiger partial charge in [-0.3, -0.25) is 14.2 Å². The summed E-state index contributed by atoms with van der Waals surface area (Å²) in [6.45, 7) is 6.38. The van der Waals surface area contributed by atoms with E-state index < -0.39 is 5.25 Å². The highest BCUT2D eigenvalue weighted by molar-refractivity contribution is 8.00. The van der Waals surface area contributed by atoms with Crippen LogP contribution in [0.4, 0.5) is 0 Å². The number of nitrogens with zero attached hydrogens (tertiary/aromatic N) is 2. The maximum absolute atomic E-state index is 13.3. The van der Waals surface area contributed by atoms with Crippen LogP contribution in [-0.4, -0.2) is 27.8 Å². The van der Waals surface area contributed by atoms with Crippen molar-refractivity contribution in [2.75, 3.05) is 7.11 Å². The van der Waals surface area contributed by atoms with Crippen LogP contribution in [0.15, 0.2) is 57.8 Å². The molecule has 1 atom stereocenters. The number of rotatable bonds is 7. The minimum Gasteiger partial charge on any atom is -0.497 e. The van der Waals surface area contributed by atoms with Crippen LogP contribution in [0.1, 0.15) is 23.6 Å². The number of benzene rings is 2. The second-order valence-electron chi connectivity index (χ2n) is 8.21. The van der Waals surface area contributed by atoms with E-state index in [0.29, 0.717) is 21.9 Å². The first-order valence-electron chi connectivity index (χ1n) is 10.9. The fourth-order valence-corrected chi connectivity index (χ4v) is 5.45. The van der Waals surface area contributed by atoms with Gasteiger partial charge in [-0.05, 0) is 55.2 Å². The Morgan fingerprint density at radius 3 is 2.59 bits per heavy atom. The van der Waals surface area contributed by atoms with Gasteiger partial charge in [0, 0.05) is 24.5 Å². The van der Waals surface area contributed by atoms with Gasteiger partial charge in [0.15, 0.2) is 5.16 Å². The summed E-state index contributed by atoms with van der Waals surface area (Å²) in [6.07, 6.45) is 0. The summed E-state index contributed by atoms with van der Waals surface area (Å²) in [4.78, 5) is 31.4. The Bertz CT molecular complexity index is 1410. The molecular weight excluding hydrogens is 466 g/mol. The number of thioether (sulfide) groups is 1. The molecule has 0 radical (unpaired) electrons. The molecule has 4 rings (SSSR count). The van der Waals surface area contributed by atoms with Gasteiger partial charge in [0.2, 0.25) is 5.91 Å². The van der Waals surface area contributed by atoms with E-state index in [1.807, 2.05) is 42.6 Å². The van der Waals surface area contributed by atoms with E-state index in [0.717, 1.165) is 22.4 Å². The molecular formula is C26H27N3O3S2. The van der Waals surface area contributed by atoms with Crippen LogP contribution in [0.3, 0.4) is 0 Å². The molecule has 8 heteroatoms. The molecule has 0 aliphatic rings. The quantitative estimate of drug-likeness (QED) is 0.287. The highest BCUT2D eigenvalue weighted by Crippen LogP contribution is 2.33. The van der Waals surface area contributed by atoms with Crippen molar-refractivity contribution in [2.24, 2.45) is 7.05 Å². The van der Waals surface area contributed by atoms with Crippen LogP contribution in [0.5, 0.6) is 5.75 Å². The number of aryl methyl sites for hydroxylation is 2. The number of methoxy groups -OCH3 is 1. The number of aromatic nitrogens is 2. The number of hydrogen-bond acceptors (Lipinski definition) is 6. The van der Waals surface area contributed by atoms with Gasteiger partial charge < -0.3 is 10.1 Å². The zero-order valence-electron chi connectivity index (χ0n) is 19.8. The van der Waals surface area contributed by atoms with Crippen LogP contribution in [0, 0.1) is 13.8 Å². The molecule has 0 bridgehead atoms. The molecule has 4 aromatic rings. The summed E-state index contributed by atoms with van der Waals surface area (Å²) >= 11 is 2.74. The minimum absolute atomic E-state index is 0.104. The summed E-state index contributed by atoms with van der Waals surface area (Å²) in [7, 11) is 3.33. The van der Waals surface area contributed by atoms with E-state index in [4.69, 9.17) is 9.72 Å². The fraction of sp³-hybridized carbons (Fsp3) is 0.269. The van der Waals surface area contributed by atoms with Crippen LogP contribution in [0.2, 0.25) is 0 Å². The van der Waals surface area contributed by atoms with Crippen molar-refractivity contribution in [3.8, 4) is 16.9 Å². The molecule has 6 nitrogen and oxygen atoms in total. The Labute approximate surface area is 207 Å². The van der Waals surface area contributed by atoms with Crippen molar-refractivity contribution in [3.63, 3.8) is 0 Å². The van der Waals surface area contributed by atoms with Crippen molar-refractivity contribution < 1.29 is 9.53 Å². The van der Waals surface area contributed by atoms with Crippen LogP contribution >= 0.6 is 23.1 Å². The predicted octanol–water partition coefficient (Wildman–Crippen LogP) is 5.08. The molecule has 0 aliphatic heterocycles. The summed E-state index contributed by atoms with van der Waals surface area (Å²) < 4.78 is 6.70. The lowest BCUT2D eigenvalue weighted by Crippen LogP contribution is -2.31. The standard InChI is InChI=1S/C26H27N3O3S2/c1-15-6-9-19(12-16(15)2)21-14-33-24-22(21)25(31)29(4)26(28-24)34-17(3)23(30)27-13-18-7-10-20(32-5)11-8-18/h6-12,14,17H,13H2,1-5H3,(H,27,30). The number of hydrogen-bond donors (Lipinski definition) is 1. The van der Waals surface area contributed by atoms with Crippen LogP contribution in [-0.2, 0) is 18.4 Å². The van der Waals surface area contributed by atoms with Gasteiger partial charge in [0.1, 0.15) is 10.6 Å². The first-order valence-corrected chi connectivity index (χ1v) is 12.7. The molecule has 0 saturated carbocycles. The SMILES string of the molecule is COc1ccc(CNC(=O)C(C)Sc2nc3scc(-c4ccc(C)c(C)c4)c3c(=O)n2C)cc1. The highest BCUT2D eigenvalue weighted by atomic mass is 32.2. The molecule has 0 spiro atoms. The molecule has 176 valence electrons. The molecule has 1 amide bonds. The Morgan fingerprint density at radius 2 is 1.91 bits per heavy atom. The summed E-state index contributed by atoms with van der Waals surface area (Å²) in [5, 5.41) is 5.68. The normalized spacial score (nSPS) is 12.0. The highest BCUT2D eigenvalue weighted by Gasteiger charge is 2.20. The van der Waals surface area contributed by atoms with Gasteiger partial charge in [0.25, 0.3) is 5.56 Å². The largest absolute Gasteiger partial charge is 0.497 e. The van der Waals surface area contributed by atoms with E-state index in [9.17, 15) is 9.59 Å². The van der Waals surface area contributed by atoms with E-state index >= 15 is 0 Å². The number of thiophene rings is 1. The molecule has 2 aromatic carbocycles. The Kier molecular flexibility index (Phi) is 7.09. The summed E-state index contributed by atoms with van der Waals surface area (Å²) in [5.74, 6) is 0.660. The molecule has 0 aliphatic carbocycles. The Morgan fingerprint density at radius 1 is 1.18 bits per heavy atom. The Hall–Kier alpha value is -3.10. The van der Waals surface area contributed by atoms with Crippen LogP contribution < -0.4 is 15.6 Å². The van der Waals surface area contributed by atoms with Gasteiger partial charge in [-0.1, -0.05) is 42.1 Å². The molecule has 0 saturated heterocycles. The maximum atomic E-state index is 13.3. The van der Waals surface area contributed by atoms with Gasteiger partial charge in [-0.25, -0.2) is 4.98 Å². The van der Waals surface area contributed by atoms with E-state index in [1.165, 1.54) is 38.8 Å². The average molecular weight is 494 g/mol. The zero-order chi connectivity index (χ0) is 24.4. The van der Waals surface area contributed by atoms with Crippen molar-refractivity contribution in [3.05, 3.63) is 74.9 Å². The number of nitrogens with one attached hydrogen (secondary N) is 1. The van der Waals surface area contributed by atoms with Gasteiger partial charge >= 0.3 is 0 Å². The first kappa shape index (κ1) is 24.0. The third-order valence-electron chi connectivity index (χ3n) is 5.87. The third-order valence-corrected chi connectivity index (χ3v) is 7.89. The first-order chi connectivity index (χ1) is 16.3. The number of ether oxygens (including phenoxy) is 1. The average Bonchev–Trinajstić information content (AvgIpc) is 3.26. The van der Waals surface area contributed by atoms with Gasteiger partial charge in [-0.2, -0.15) is 0 Å². The lowest BCUT2D eigenvalue weighted by molar-refractivity contribution is -0.120. The summed E-state index contributed by atoms with van der Waals surface area (Å²) in [5.41, 5.74) is 5.19. The van der Waals surface area contributed by atoms with E-state index in [2.05, 4.69) is 31.3 Å². The van der Waals surface area contributed by atoms with Crippen molar-refractivity contribution in [2.45, 2.75) is 37.7 Å². The summed E-state index contributed by atoms with van der Waals surface area (Å²) in [6, 6.07) is 13.8. The molecule has 2 aromatic heterocycles. The third kappa shape index (κ3) is 4.88. The fourth-order valence-electron chi connectivity index (χ4n) is 3.57. The number of carbonyl (C=O) groups excluding carboxylic acids is 1. The smallest absolute Gasteiger partial charge is 0.263 e. The van der Waals surface area contributed by atoms with E-state index in [1.54, 1.807) is 14.2 Å². The molecule has 0 fully saturated rings. The number of amides is 1. The van der Waals surface area contributed by atoms with Gasteiger partial charge in [-0.15, -0.1) is 11.3 Å². The monoisotopic (exact) mass is 493 g/mol. The lowest BCUT2D eigenvalue weighted by Gasteiger charge is -2.14. The van der Waals surface area contributed by atoms with Crippen LogP contribution in [0.25, 0.3) is 21.3 Å². The minimum atomic E-state index is -0.409. The topological polar surface area (TPSA) is 73.2 Å². The van der Waals surface area contributed by atoms with Crippen molar-refractivity contribution in [1.82, 2.24) is 14.9 Å². The van der Waals surface area contributed by atoms with Crippen molar-refractivity contribution in [1.29, 1.82) is 0 Å². The molecule has 34 heavy (non-hydrogen) atoms. The molecule has 1 N–H and O–H groups in total. The maximum Gasteiger partial charge on any atom is 0.263 e. The number of carbonyl (C=O) groups is 1. The number of fused-ring (bicyclic) bond motifs is 1.